The van der Waals surface area contributed by atoms with E-state index in [-0.39, 0.29) is 16.6 Å². The van der Waals surface area contributed by atoms with E-state index < -0.39 is 17.6 Å². The number of hydrogen-bond donors (Lipinski definition) is 2. The van der Waals surface area contributed by atoms with Crippen molar-refractivity contribution in [3.63, 3.8) is 0 Å². The number of hydrogen-bond acceptors (Lipinski definition) is 3. The topological polar surface area (TPSA) is 54.0 Å². The number of pyridine rings is 1. The highest BCUT2D eigenvalue weighted by Gasteiger charge is 2.32. The quantitative estimate of drug-likeness (QED) is 0.668. The van der Waals surface area contributed by atoms with Crippen LogP contribution >= 0.6 is 11.6 Å². The largest absolute Gasteiger partial charge is 0.416 e. The summed E-state index contributed by atoms with van der Waals surface area (Å²) < 4.78 is 38.7. The van der Waals surface area contributed by atoms with Crippen LogP contribution in [-0.2, 0) is 6.18 Å². The standard InChI is InChI=1S/C21H23ClF3N3O/c1-13-19(3-2-10-26-13)27-12-14-4-7-16(8-5-14)28-20(29)17-11-15(21(23,24)25)6-9-18(17)22/h2-3,6,9-11,14,16,27H,4-5,7-8,12H2,1H3,(H,28,29)/t14-,16-. The molecule has 0 radical (unpaired) electrons. The summed E-state index contributed by atoms with van der Waals surface area (Å²) in [5.41, 5.74) is 0.943. The molecule has 1 aliphatic carbocycles. The first-order valence-electron chi connectivity index (χ1n) is 9.57. The van der Waals surface area contributed by atoms with Crippen molar-refractivity contribution in [2.24, 2.45) is 5.92 Å². The minimum absolute atomic E-state index is 0.0141. The van der Waals surface area contributed by atoms with Gasteiger partial charge in [-0.25, -0.2) is 0 Å². The summed E-state index contributed by atoms with van der Waals surface area (Å²) in [5.74, 6) is -0.0893. The van der Waals surface area contributed by atoms with E-state index in [4.69, 9.17) is 11.6 Å². The second-order valence-corrected chi connectivity index (χ2v) is 7.81. The molecule has 0 bridgehead atoms. The fraction of sp³-hybridized carbons (Fsp3) is 0.429. The summed E-state index contributed by atoms with van der Waals surface area (Å²) in [6.07, 6.45) is 0.644. The Morgan fingerprint density at radius 1 is 1.21 bits per heavy atom. The van der Waals surface area contributed by atoms with Gasteiger partial charge < -0.3 is 10.6 Å². The van der Waals surface area contributed by atoms with Crippen molar-refractivity contribution in [3.8, 4) is 0 Å². The minimum atomic E-state index is -4.52. The van der Waals surface area contributed by atoms with Gasteiger partial charge in [-0.1, -0.05) is 11.6 Å². The number of aromatic nitrogens is 1. The summed E-state index contributed by atoms with van der Waals surface area (Å²) in [5, 5.41) is 6.27. The molecule has 1 amide bonds. The maximum atomic E-state index is 12.9. The van der Waals surface area contributed by atoms with Crippen LogP contribution in [0.4, 0.5) is 18.9 Å². The van der Waals surface area contributed by atoms with E-state index in [2.05, 4.69) is 15.6 Å². The molecule has 1 aromatic heterocycles. The molecular formula is C21H23ClF3N3O. The number of carbonyl (C=O) groups excluding carboxylic acids is 1. The van der Waals surface area contributed by atoms with Gasteiger partial charge in [0.1, 0.15) is 0 Å². The van der Waals surface area contributed by atoms with Crippen molar-refractivity contribution in [3.05, 3.63) is 58.4 Å². The van der Waals surface area contributed by atoms with Gasteiger partial charge in [0.05, 0.1) is 27.5 Å². The summed E-state index contributed by atoms with van der Waals surface area (Å²) in [6, 6.07) is 6.62. The van der Waals surface area contributed by atoms with Crippen LogP contribution in [0.15, 0.2) is 36.5 Å². The molecular weight excluding hydrogens is 403 g/mol. The number of nitrogens with zero attached hydrogens (tertiary/aromatic N) is 1. The first-order chi connectivity index (χ1) is 13.7. The van der Waals surface area contributed by atoms with Crippen LogP contribution in [0, 0.1) is 12.8 Å². The van der Waals surface area contributed by atoms with Crippen molar-refractivity contribution >= 4 is 23.2 Å². The Morgan fingerprint density at radius 2 is 1.93 bits per heavy atom. The summed E-state index contributed by atoms with van der Waals surface area (Å²) in [4.78, 5) is 16.7. The third-order valence-electron chi connectivity index (χ3n) is 5.31. The maximum Gasteiger partial charge on any atom is 0.416 e. The molecule has 0 saturated heterocycles. The Kier molecular flexibility index (Phi) is 6.67. The zero-order chi connectivity index (χ0) is 21.0. The van der Waals surface area contributed by atoms with Crippen LogP contribution in [0.2, 0.25) is 5.02 Å². The highest BCUT2D eigenvalue weighted by molar-refractivity contribution is 6.33. The Hall–Kier alpha value is -2.28. The molecule has 4 nitrogen and oxygen atoms in total. The SMILES string of the molecule is Cc1ncccc1NC[C@H]1CC[C@H](NC(=O)c2cc(C(F)(F)F)ccc2Cl)CC1. The van der Waals surface area contributed by atoms with Crippen molar-refractivity contribution in [2.45, 2.75) is 44.8 Å². The molecule has 156 valence electrons. The molecule has 1 aromatic carbocycles. The summed E-state index contributed by atoms with van der Waals surface area (Å²) in [6.45, 7) is 2.78. The second kappa shape index (κ2) is 9.03. The highest BCUT2D eigenvalue weighted by Crippen LogP contribution is 2.32. The molecule has 0 atom stereocenters. The number of carbonyl (C=O) groups is 1. The Bertz CT molecular complexity index is 864. The van der Waals surface area contributed by atoms with Gasteiger partial charge in [-0.05, 0) is 68.9 Å². The lowest BCUT2D eigenvalue weighted by Crippen LogP contribution is -2.38. The minimum Gasteiger partial charge on any atom is -0.383 e. The number of benzene rings is 1. The van der Waals surface area contributed by atoms with Gasteiger partial charge in [-0.15, -0.1) is 0 Å². The molecule has 8 heteroatoms. The van der Waals surface area contributed by atoms with Crippen LogP contribution in [0.3, 0.4) is 0 Å². The van der Waals surface area contributed by atoms with E-state index in [0.29, 0.717) is 5.92 Å². The van der Waals surface area contributed by atoms with Crippen LogP contribution < -0.4 is 10.6 Å². The summed E-state index contributed by atoms with van der Waals surface area (Å²) >= 11 is 5.95. The maximum absolute atomic E-state index is 12.9. The summed E-state index contributed by atoms with van der Waals surface area (Å²) in [7, 11) is 0. The average molecular weight is 426 g/mol. The number of nitrogens with one attached hydrogen (secondary N) is 2. The van der Waals surface area contributed by atoms with Gasteiger partial charge in [-0.3, -0.25) is 9.78 Å². The third-order valence-corrected chi connectivity index (χ3v) is 5.64. The highest BCUT2D eigenvalue weighted by atomic mass is 35.5. The van der Waals surface area contributed by atoms with E-state index in [1.807, 2.05) is 19.1 Å². The fourth-order valence-corrected chi connectivity index (χ4v) is 3.78. The van der Waals surface area contributed by atoms with Gasteiger partial charge in [0.15, 0.2) is 0 Å². The van der Waals surface area contributed by atoms with Crippen LogP contribution in [0.5, 0.6) is 0 Å². The zero-order valence-corrected chi connectivity index (χ0v) is 16.8. The zero-order valence-electron chi connectivity index (χ0n) is 16.0. The number of aryl methyl sites for hydroxylation is 1. The Balaban J connectivity index is 1.52. The molecule has 3 rings (SSSR count). The van der Waals surface area contributed by atoms with E-state index in [0.717, 1.165) is 61.8 Å². The number of anilines is 1. The van der Waals surface area contributed by atoms with E-state index >= 15 is 0 Å². The van der Waals surface area contributed by atoms with Gasteiger partial charge in [0, 0.05) is 18.8 Å². The number of halogens is 4. The monoisotopic (exact) mass is 425 g/mol. The normalized spacial score (nSPS) is 19.6. The molecule has 1 heterocycles. The van der Waals surface area contributed by atoms with Gasteiger partial charge in [-0.2, -0.15) is 13.2 Å². The first-order valence-corrected chi connectivity index (χ1v) is 9.95. The van der Waals surface area contributed by atoms with Crippen molar-refractivity contribution in [2.75, 3.05) is 11.9 Å². The Labute approximate surface area is 172 Å². The van der Waals surface area contributed by atoms with Gasteiger partial charge in [0.2, 0.25) is 0 Å². The lowest BCUT2D eigenvalue weighted by Gasteiger charge is -2.29. The molecule has 29 heavy (non-hydrogen) atoms. The van der Waals surface area contributed by atoms with Gasteiger partial charge in [0.25, 0.3) is 5.91 Å². The van der Waals surface area contributed by atoms with Crippen LogP contribution in [0.1, 0.15) is 47.3 Å². The van der Waals surface area contributed by atoms with E-state index in [9.17, 15) is 18.0 Å². The Morgan fingerprint density at radius 3 is 2.59 bits per heavy atom. The molecule has 0 aliphatic heterocycles. The van der Waals surface area contributed by atoms with Crippen LogP contribution in [-0.4, -0.2) is 23.5 Å². The molecule has 1 fully saturated rings. The average Bonchev–Trinajstić information content (AvgIpc) is 2.68. The van der Waals surface area contributed by atoms with E-state index in [1.54, 1.807) is 6.20 Å². The van der Waals surface area contributed by atoms with Crippen LogP contribution in [0.25, 0.3) is 0 Å². The molecule has 0 unspecified atom stereocenters. The predicted molar refractivity (Wildman–Crippen MR) is 107 cm³/mol. The smallest absolute Gasteiger partial charge is 0.383 e. The lowest BCUT2D eigenvalue weighted by atomic mass is 9.86. The van der Waals surface area contributed by atoms with Crippen molar-refractivity contribution in [1.82, 2.24) is 10.3 Å². The molecule has 2 N–H and O–H groups in total. The molecule has 1 saturated carbocycles. The third kappa shape index (κ3) is 5.63. The fourth-order valence-electron chi connectivity index (χ4n) is 3.58. The lowest BCUT2D eigenvalue weighted by molar-refractivity contribution is -0.137. The molecule has 0 spiro atoms. The first kappa shape index (κ1) is 21.4. The number of amides is 1. The number of alkyl halides is 3. The van der Waals surface area contributed by atoms with Crippen molar-refractivity contribution in [1.29, 1.82) is 0 Å². The predicted octanol–water partition coefficient (Wildman–Crippen LogP) is 5.46. The van der Waals surface area contributed by atoms with Crippen molar-refractivity contribution < 1.29 is 18.0 Å². The molecule has 1 aliphatic rings. The number of rotatable bonds is 5. The second-order valence-electron chi connectivity index (χ2n) is 7.40. The van der Waals surface area contributed by atoms with E-state index in [1.165, 1.54) is 0 Å². The molecule has 2 aromatic rings. The van der Waals surface area contributed by atoms with Gasteiger partial charge >= 0.3 is 6.18 Å².